The van der Waals surface area contributed by atoms with Gasteiger partial charge in [-0.25, -0.2) is 4.98 Å². The number of rotatable bonds is 4. The molecular formula is C21H20F6N2O3. The Balaban J connectivity index is 1.42. The SMILES string of the molecule is Oc1cc(C(F)(F)F)ccc1OC1C[C@H]2CCC[C@@H](C1)N2Oc1ccc(C(F)(F)F)cn1. The summed E-state index contributed by atoms with van der Waals surface area (Å²) in [6.45, 7) is 0. The number of hydrogen-bond donors (Lipinski definition) is 1. The zero-order chi connectivity index (χ0) is 23.1. The molecule has 0 saturated carbocycles. The van der Waals surface area contributed by atoms with Gasteiger partial charge in [0.1, 0.15) is 6.10 Å². The normalized spacial score (nSPS) is 24.2. The maximum Gasteiger partial charge on any atom is 0.417 e. The Hall–Kier alpha value is -2.69. The average Bonchev–Trinajstić information content (AvgIpc) is 2.69. The fourth-order valence-corrected chi connectivity index (χ4v) is 4.22. The quantitative estimate of drug-likeness (QED) is 0.601. The van der Waals surface area contributed by atoms with Gasteiger partial charge in [-0.2, -0.15) is 26.3 Å². The lowest BCUT2D eigenvalue weighted by molar-refractivity contribution is -0.185. The van der Waals surface area contributed by atoms with Gasteiger partial charge in [-0.1, -0.05) is 6.42 Å². The number of aromatic nitrogens is 1. The lowest BCUT2D eigenvalue weighted by Gasteiger charge is -2.46. The van der Waals surface area contributed by atoms with Crippen LogP contribution in [0.4, 0.5) is 26.3 Å². The Morgan fingerprint density at radius 1 is 0.906 bits per heavy atom. The van der Waals surface area contributed by atoms with E-state index in [4.69, 9.17) is 9.57 Å². The summed E-state index contributed by atoms with van der Waals surface area (Å²) in [5.74, 6) is -0.563. The van der Waals surface area contributed by atoms with E-state index in [1.165, 1.54) is 6.07 Å². The van der Waals surface area contributed by atoms with Crippen molar-refractivity contribution in [1.82, 2.24) is 10.0 Å². The van der Waals surface area contributed by atoms with Crippen molar-refractivity contribution in [3.63, 3.8) is 0 Å². The molecule has 32 heavy (non-hydrogen) atoms. The number of piperidine rings is 2. The molecule has 0 aliphatic carbocycles. The molecule has 4 rings (SSSR count). The summed E-state index contributed by atoms with van der Waals surface area (Å²) >= 11 is 0. The number of hydrogen-bond acceptors (Lipinski definition) is 5. The van der Waals surface area contributed by atoms with Crippen LogP contribution in [0, 0.1) is 0 Å². The van der Waals surface area contributed by atoms with Gasteiger partial charge in [-0.3, -0.25) is 0 Å². The van der Waals surface area contributed by atoms with Crippen molar-refractivity contribution in [2.75, 3.05) is 0 Å². The van der Waals surface area contributed by atoms with Gasteiger partial charge in [0.2, 0.25) is 5.88 Å². The molecule has 174 valence electrons. The third-order valence-electron chi connectivity index (χ3n) is 5.71. The molecule has 1 aromatic carbocycles. The van der Waals surface area contributed by atoms with E-state index in [0.29, 0.717) is 25.1 Å². The summed E-state index contributed by atoms with van der Waals surface area (Å²) < 4.78 is 82.3. The average molecular weight is 462 g/mol. The second-order valence-corrected chi connectivity index (χ2v) is 7.96. The van der Waals surface area contributed by atoms with E-state index in [1.807, 2.05) is 0 Å². The number of alkyl halides is 6. The van der Waals surface area contributed by atoms with E-state index >= 15 is 0 Å². The Kier molecular flexibility index (Phi) is 5.87. The fraction of sp³-hybridized carbons (Fsp3) is 0.476. The van der Waals surface area contributed by atoms with Crippen LogP contribution in [-0.4, -0.2) is 33.3 Å². The van der Waals surface area contributed by atoms with E-state index in [0.717, 1.165) is 37.5 Å². The molecule has 0 spiro atoms. The van der Waals surface area contributed by atoms with Crippen molar-refractivity contribution in [2.45, 2.75) is 62.6 Å². The fourth-order valence-electron chi connectivity index (χ4n) is 4.22. The lowest BCUT2D eigenvalue weighted by Crippen LogP contribution is -2.55. The molecule has 1 unspecified atom stereocenters. The van der Waals surface area contributed by atoms with Crippen molar-refractivity contribution in [3.8, 4) is 17.4 Å². The molecule has 2 saturated heterocycles. The number of nitrogens with zero attached hydrogens (tertiary/aromatic N) is 2. The van der Waals surface area contributed by atoms with Gasteiger partial charge >= 0.3 is 12.4 Å². The minimum atomic E-state index is -4.57. The minimum Gasteiger partial charge on any atom is -0.504 e. The predicted octanol–water partition coefficient (Wildman–Crippen LogP) is 5.58. The van der Waals surface area contributed by atoms with Crippen molar-refractivity contribution < 1.29 is 41.0 Å². The molecule has 2 aromatic rings. The van der Waals surface area contributed by atoms with E-state index in [2.05, 4.69) is 4.98 Å². The van der Waals surface area contributed by atoms with Crippen LogP contribution in [0.5, 0.6) is 17.4 Å². The molecule has 0 radical (unpaired) electrons. The maximum atomic E-state index is 12.8. The molecule has 2 aliphatic heterocycles. The maximum absolute atomic E-state index is 12.8. The number of phenolic OH excluding ortho intramolecular Hbond substituents is 1. The molecule has 3 heterocycles. The van der Waals surface area contributed by atoms with Crippen LogP contribution in [-0.2, 0) is 12.4 Å². The van der Waals surface area contributed by atoms with Crippen molar-refractivity contribution in [2.24, 2.45) is 0 Å². The summed E-state index contributed by atoms with van der Waals surface area (Å²) in [5, 5.41) is 11.7. The first kappa shape index (κ1) is 22.5. The predicted molar refractivity (Wildman–Crippen MR) is 99.9 cm³/mol. The molecule has 5 nitrogen and oxygen atoms in total. The van der Waals surface area contributed by atoms with Crippen molar-refractivity contribution in [1.29, 1.82) is 0 Å². The number of phenols is 1. The van der Waals surface area contributed by atoms with Crippen molar-refractivity contribution >= 4 is 0 Å². The van der Waals surface area contributed by atoms with Crippen LogP contribution < -0.4 is 9.57 Å². The first-order valence-electron chi connectivity index (χ1n) is 10.1. The van der Waals surface area contributed by atoms with Gasteiger partial charge in [-0.15, -0.1) is 5.06 Å². The summed E-state index contributed by atoms with van der Waals surface area (Å²) in [4.78, 5) is 9.54. The van der Waals surface area contributed by atoms with Crippen LogP contribution in [0.3, 0.4) is 0 Å². The highest BCUT2D eigenvalue weighted by Crippen LogP contribution is 2.40. The van der Waals surface area contributed by atoms with Gasteiger partial charge in [0, 0.05) is 37.2 Å². The number of hydroxylamine groups is 2. The van der Waals surface area contributed by atoms with Crippen LogP contribution >= 0.6 is 0 Å². The minimum absolute atomic E-state index is 0.0279. The molecule has 2 bridgehead atoms. The summed E-state index contributed by atoms with van der Waals surface area (Å²) in [7, 11) is 0. The van der Waals surface area contributed by atoms with Crippen LogP contribution in [0.15, 0.2) is 36.5 Å². The van der Waals surface area contributed by atoms with Crippen LogP contribution in [0.2, 0.25) is 0 Å². The second kappa shape index (κ2) is 8.34. The van der Waals surface area contributed by atoms with Gasteiger partial charge in [0.25, 0.3) is 0 Å². The second-order valence-electron chi connectivity index (χ2n) is 7.96. The van der Waals surface area contributed by atoms with Gasteiger partial charge in [0.15, 0.2) is 11.5 Å². The van der Waals surface area contributed by atoms with E-state index < -0.39 is 29.2 Å². The Morgan fingerprint density at radius 3 is 2.06 bits per heavy atom. The summed E-state index contributed by atoms with van der Waals surface area (Å²) in [6, 6.07) is 4.45. The molecule has 11 heteroatoms. The number of fused-ring (bicyclic) bond motifs is 2. The largest absolute Gasteiger partial charge is 0.504 e. The first-order valence-corrected chi connectivity index (χ1v) is 10.1. The van der Waals surface area contributed by atoms with E-state index in [9.17, 15) is 31.4 Å². The summed E-state index contributed by atoms with van der Waals surface area (Å²) in [6.07, 6.45) is -5.26. The monoisotopic (exact) mass is 462 g/mol. The Morgan fingerprint density at radius 2 is 1.53 bits per heavy atom. The third-order valence-corrected chi connectivity index (χ3v) is 5.71. The van der Waals surface area contributed by atoms with Crippen LogP contribution in [0.25, 0.3) is 0 Å². The summed E-state index contributed by atoms with van der Waals surface area (Å²) in [5.41, 5.74) is -1.83. The van der Waals surface area contributed by atoms with E-state index in [-0.39, 0.29) is 29.8 Å². The standard InChI is InChI=1S/C21H20F6N2O3/c22-20(23,24)12-4-6-18(17(30)8-12)31-16-9-14-2-1-3-15(10-16)29(14)32-19-7-5-13(11-28-19)21(25,26)27/h4-8,11,14-16,30H,1-3,9-10H2/t14-,15+,16?. The third kappa shape index (κ3) is 4.87. The first-order chi connectivity index (χ1) is 15.0. The van der Waals surface area contributed by atoms with Gasteiger partial charge in [-0.05, 0) is 37.1 Å². The molecule has 2 fully saturated rings. The molecule has 2 aliphatic rings. The number of ether oxygens (including phenoxy) is 1. The van der Waals surface area contributed by atoms with E-state index in [1.54, 1.807) is 5.06 Å². The molecule has 3 atom stereocenters. The number of benzene rings is 1. The highest BCUT2D eigenvalue weighted by Gasteiger charge is 2.42. The highest BCUT2D eigenvalue weighted by molar-refractivity contribution is 5.42. The number of pyridine rings is 1. The highest BCUT2D eigenvalue weighted by atomic mass is 19.4. The van der Waals surface area contributed by atoms with Crippen LogP contribution in [0.1, 0.15) is 43.2 Å². The lowest BCUT2D eigenvalue weighted by atomic mass is 9.84. The zero-order valence-electron chi connectivity index (χ0n) is 16.7. The Bertz CT molecular complexity index is 934. The zero-order valence-corrected chi connectivity index (χ0v) is 16.7. The smallest absolute Gasteiger partial charge is 0.417 e. The van der Waals surface area contributed by atoms with Gasteiger partial charge < -0.3 is 14.7 Å². The topological polar surface area (TPSA) is 54.8 Å². The Labute approximate surface area is 179 Å². The number of aromatic hydroxyl groups is 1. The molecule has 0 amide bonds. The molecule has 1 aromatic heterocycles. The molecule has 1 N–H and O–H groups in total. The van der Waals surface area contributed by atoms with Crippen molar-refractivity contribution in [3.05, 3.63) is 47.7 Å². The molecular weight excluding hydrogens is 442 g/mol. The number of halogens is 6. The van der Waals surface area contributed by atoms with Gasteiger partial charge in [0.05, 0.1) is 11.1 Å².